The summed E-state index contributed by atoms with van der Waals surface area (Å²) < 4.78 is 0.877. The van der Waals surface area contributed by atoms with Crippen molar-refractivity contribution in [2.45, 2.75) is 32.6 Å². The second-order valence-corrected chi connectivity index (χ2v) is 6.47. The predicted octanol–water partition coefficient (Wildman–Crippen LogP) is 3.76. The number of carbonyl (C=O) groups excluding carboxylic acids is 2. The lowest BCUT2D eigenvalue weighted by molar-refractivity contribution is -0.116. The van der Waals surface area contributed by atoms with Gasteiger partial charge >= 0.3 is 0 Å². The molecule has 6 heteroatoms. The molecule has 0 aromatic heterocycles. The Morgan fingerprint density at radius 3 is 2.70 bits per heavy atom. The van der Waals surface area contributed by atoms with Crippen LogP contribution in [0.15, 0.2) is 45.2 Å². The molecule has 0 heterocycles. The van der Waals surface area contributed by atoms with Crippen molar-refractivity contribution in [1.29, 1.82) is 0 Å². The van der Waals surface area contributed by atoms with Crippen LogP contribution < -0.4 is 5.43 Å². The lowest BCUT2D eigenvalue weighted by atomic mass is 9.85. The van der Waals surface area contributed by atoms with E-state index in [2.05, 4.69) is 33.4 Å². The van der Waals surface area contributed by atoms with Crippen LogP contribution in [0, 0.1) is 5.92 Å². The fourth-order valence-corrected chi connectivity index (χ4v) is 2.83. The molecule has 1 unspecified atom stereocenters. The summed E-state index contributed by atoms with van der Waals surface area (Å²) in [7, 11) is 0. The minimum absolute atomic E-state index is 0.0568. The van der Waals surface area contributed by atoms with Gasteiger partial charge in [0.25, 0.3) is 5.91 Å². The van der Waals surface area contributed by atoms with Crippen LogP contribution >= 0.6 is 15.9 Å². The van der Waals surface area contributed by atoms with E-state index in [9.17, 15) is 14.7 Å². The zero-order valence-corrected chi connectivity index (χ0v) is 14.5. The lowest BCUT2D eigenvalue weighted by Gasteiger charge is -2.21. The number of nitrogens with zero attached hydrogens (tertiary/aromatic N) is 1. The van der Waals surface area contributed by atoms with Crippen molar-refractivity contribution in [1.82, 2.24) is 5.43 Å². The van der Waals surface area contributed by atoms with Crippen LogP contribution in [0.5, 0.6) is 0 Å². The maximum atomic E-state index is 12.0. The van der Waals surface area contributed by atoms with E-state index in [4.69, 9.17) is 0 Å². The average Bonchev–Trinajstić information content (AvgIpc) is 2.51. The molecule has 1 aliphatic carbocycles. The van der Waals surface area contributed by atoms with Crippen LogP contribution in [-0.2, 0) is 4.79 Å². The first-order chi connectivity index (χ1) is 11.0. The molecule has 0 spiro atoms. The standard InChI is InChI=1S/C17H19BrN2O3/c1-2-3-11-8-15(21)14(16(22)9-11)10-19-20-17(23)12-4-6-13(18)7-5-12/h4-7,10-11,21H,2-3,8-9H2,1H3,(H,20,23). The van der Waals surface area contributed by atoms with Gasteiger partial charge in [-0.05, 0) is 36.6 Å². The quantitative estimate of drug-likeness (QED) is 0.604. The van der Waals surface area contributed by atoms with Crippen LogP contribution in [0.4, 0.5) is 0 Å². The SMILES string of the molecule is CCCC1CC(=O)C(C=NNC(=O)c2ccc(Br)cc2)=C(O)C1. The fourth-order valence-electron chi connectivity index (χ4n) is 2.57. The molecular weight excluding hydrogens is 360 g/mol. The van der Waals surface area contributed by atoms with E-state index in [1.807, 2.05) is 0 Å². The van der Waals surface area contributed by atoms with Crippen LogP contribution in [0.25, 0.3) is 0 Å². The first-order valence-electron chi connectivity index (χ1n) is 7.55. The van der Waals surface area contributed by atoms with E-state index in [0.717, 1.165) is 17.3 Å². The number of hydrazone groups is 1. The molecule has 1 aromatic carbocycles. The zero-order chi connectivity index (χ0) is 16.8. The number of nitrogens with one attached hydrogen (secondary N) is 1. The van der Waals surface area contributed by atoms with Gasteiger partial charge in [-0.3, -0.25) is 9.59 Å². The summed E-state index contributed by atoms with van der Waals surface area (Å²) >= 11 is 3.30. The van der Waals surface area contributed by atoms with Crippen LogP contribution in [0.1, 0.15) is 43.0 Å². The van der Waals surface area contributed by atoms with Crippen LogP contribution in [0.3, 0.4) is 0 Å². The smallest absolute Gasteiger partial charge is 0.271 e. The van der Waals surface area contributed by atoms with E-state index in [0.29, 0.717) is 18.4 Å². The number of hydrogen-bond donors (Lipinski definition) is 2. The van der Waals surface area contributed by atoms with Gasteiger partial charge in [-0.25, -0.2) is 5.43 Å². The van der Waals surface area contributed by atoms with Crippen molar-refractivity contribution in [3.8, 4) is 0 Å². The van der Waals surface area contributed by atoms with E-state index >= 15 is 0 Å². The molecule has 122 valence electrons. The maximum Gasteiger partial charge on any atom is 0.271 e. The Kier molecular flexibility index (Phi) is 6.10. The third kappa shape index (κ3) is 4.76. The molecule has 23 heavy (non-hydrogen) atoms. The number of rotatable bonds is 5. The predicted molar refractivity (Wildman–Crippen MR) is 92.4 cm³/mol. The van der Waals surface area contributed by atoms with Crippen molar-refractivity contribution in [3.63, 3.8) is 0 Å². The normalized spacial score (nSPS) is 18.5. The number of amides is 1. The summed E-state index contributed by atoms with van der Waals surface area (Å²) in [4.78, 5) is 23.9. The minimum atomic E-state index is -0.374. The second kappa shape index (κ2) is 8.06. The summed E-state index contributed by atoms with van der Waals surface area (Å²) in [6.07, 6.45) is 4.04. The van der Waals surface area contributed by atoms with Gasteiger partial charge in [-0.1, -0.05) is 29.3 Å². The largest absolute Gasteiger partial charge is 0.511 e. The van der Waals surface area contributed by atoms with E-state index < -0.39 is 0 Å². The highest BCUT2D eigenvalue weighted by molar-refractivity contribution is 9.10. The average molecular weight is 379 g/mol. The molecule has 2 N–H and O–H groups in total. The fraction of sp³-hybridized carbons (Fsp3) is 0.353. The van der Waals surface area contributed by atoms with E-state index in [-0.39, 0.29) is 28.9 Å². The Morgan fingerprint density at radius 2 is 2.09 bits per heavy atom. The van der Waals surface area contributed by atoms with Gasteiger partial charge in [-0.15, -0.1) is 0 Å². The number of benzene rings is 1. The molecule has 0 saturated heterocycles. The van der Waals surface area contributed by atoms with Gasteiger partial charge in [0, 0.05) is 22.9 Å². The van der Waals surface area contributed by atoms with Gasteiger partial charge < -0.3 is 5.11 Å². The van der Waals surface area contributed by atoms with Crippen molar-refractivity contribution in [3.05, 3.63) is 45.6 Å². The molecule has 1 atom stereocenters. The second-order valence-electron chi connectivity index (χ2n) is 5.55. The molecular formula is C17H19BrN2O3. The Hall–Kier alpha value is -1.95. The summed E-state index contributed by atoms with van der Waals surface area (Å²) in [5.74, 6) is -0.252. The number of halogens is 1. The van der Waals surface area contributed by atoms with Crippen LogP contribution in [-0.4, -0.2) is 23.0 Å². The summed E-state index contributed by atoms with van der Waals surface area (Å²) in [6.45, 7) is 2.06. The molecule has 1 amide bonds. The lowest BCUT2D eigenvalue weighted by Crippen LogP contribution is -2.22. The Morgan fingerprint density at radius 1 is 1.39 bits per heavy atom. The number of hydrogen-bond acceptors (Lipinski definition) is 4. The third-order valence-corrected chi connectivity index (χ3v) is 4.26. The number of carbonyl (C=O) groups is 2. The first kappa shape index (κ1) is 17.4. The van der Waals surface area contributed by atoms with Crippen molar-refractivity contribution >= 4 is 33.8 Å². The molecule has 0 fully saturated rings. The number of ketones is 1. The number of Topliss-reactive ketones (excluding diaryl/α,β-unsaturated/α-hetero) is 1. The van der Waals surface area contributed by atoms with E-state index in [1.54, 1.807) is 24.3 Å². The van der Waals surface area contributed by atoms with Crippen molar-refractivity contribution in [2.75, 3.05) is 0 Å². The summed E-state index contributed by atoms with van der Waals surface area (Å²) in [5, 5.41) is 13.8. The molecule has 1 aliphatic rings. The molecule has 0 radical (unpaired) electrons. The molecule has 0 saturated carbocycles. The molecule has 0 aliphatic heterocycles. The van der Waals surface area contributed by atoms with E-state index in [1.165, 1.54) is 6.21 Å². The maximum absolute atomic E-state index is 12.0. The van der Waals surface area contributed by atoms with Gasteiger partial charge in [0.2, 0.25) is 0 Å². The third-order valence-electron chi connectivity index (χ3n) is 3.73. The number of allylic oxidation sites excluding steroid dienone is 2. The summed E-state index contributed by atoms with van der Waals surface area (Å²) in [6, 6.07) is 6.83. The Bertz CT molecular complexity index is 650. The Labute approximate surface area is 143 Å². The summed E-state index contributed by atoms with van der Waals surface area (Å²) in [5.41, 5.74) is 3.01. The zero-order valence-electron chi connectivity index (χ0n) is 12.9. The van der Waals surface area contributed by atoms with Gasteiger partial charge in [0.15, 0.2) is 5.78 Å². The topological polar surface area (TPSA) is 78.8 Å². The highest BCUT2D eigenvalue weighted by Gasteiger charge is 2.26. The molecule has 5 nitrogen and oxygen atoms in total. The van der Waals surface area contributed by atoms with Gasteiger partial charge in [0.1, 0.15) is 5.76 Å². The molecule has 0 bridgehead atoms. The van der Waals surface area contributed by atoms with Gasteiger partial charge in [-0.2, -0.15) is 5.10 Å². The van der Waals surface area contributed by atoms with Crippen molar-refractivity contribution < 1.29 is 14.7 Å². The Balaban J connectivity index is 1.99. The van der Waals surface area contributed by atoms with Crippen molar-refractivity contribution in [2.24, 2.45) is 11.0 Å². The molecule has 1 aromatic rings. The molecule has 2 rings (SSSR count). The van der Waals surface area contributed by atoms with Crippen LogP contribution in [0.2, 0.25) is 0 Å². The first-order valence-corrected chi connectivity index (χ1v) is 8.34. The number of aliphatic hydroxyl groups excluding tert-OH is 1. The number of aliphatic hydroxyl groups is 1. The minimum Gasteiger partial charge on any atom is -0.511 e. The highest BCUT2D eigenvalue weighted by Crippen LogP contribution is 2.27. The van der Waals surface area contributed by atoms with Gasteiger partial charge in [0.05, 0.1) is 11.8 Å². The monoisotopic (exact) mass is 378 g/mol. The highest BCUT2D eigenvalue weighted by atomic mass is 79.9.